The molecule has 1 aliphatic heterocycles. The topological polar surface area (TPSA) is 15.3 Å². The zero-order chi connectivity index (χ0) is 11.4. The lowest BCUT2D eigenvalue weighted by molar-refractivity contribution is 0.142. The Labute approximate surface area is 103 Å². The summed E-state index contributed by atoms with van der Waals surface area (Å²) >= 11 is 1.80. The Balaban J connectivity index is 1.82. The van der Waals surface area contributed by atoms with Crippen molar-refractivity contribution in [3.8, 4) is 0 Å². The average molecular weight is 238 g/mol. The minimum Gasteiger partial charge on any atom is -0.314 e. The first-order valence-corrected chi connectivity index (χ1v) is 7.20. The summed E-state index contributed by atoms with van der Waals surface area (Å²) in [5, 5.41) is 8.02. The first kappa shape index (κ1) is 12.1. The Morgan fingerprint density at radius 2 is 2.44 bits per heavy atom. The van der Waals surface area contributed by atoms with Gasteiger partial charge in [0, 0.05) is 19.1 Å². The summed E-state index contributed by atoms with van der Waals surface area (Å²) in [6.45, 7) is 9.26. The highest BCUT2D eigenvalue weighted by atomic mass is 32.1. The number of rotatable bonds is 4. The smallest absolute Gasteiger partial charge is 0.0242 e. The molecule has 0 bridgehead atoms. The summed E-state index contributed by atoms with van der Waals surface area (Å²) in [5.74, 6) is 0.771. The van der Waals surface area contributed by atoms with Crippen LogP contribution in [-0.4, -0.2) is 30.6 Å². The number of piperidine rings is 1. The molecule has 90 valence electrons. The normalized spacial score (nSPS) is 27.1. The third kappa shape index (κ3) is 3.06. The summed E-state index contributed by atoms with van der Waals surface area (Å²) in [7, 11) is 0. The van der Waals surface area contributed by atoms with Crippen LogP contribution in [0.2, 0.25) is 0 Å². The molecule has 1 N–H and O–H groups in total. The molecule has 0 aliphatic carbocycles. The van der Waals surface area contributed by atoms with Crippen LogP contribution in [0, 0.1) is 5.92 Å². The molecular weight excluding hydrogens is 216 g/mol. The van der Waals surface area contributed by atoms with Crippen molar-refractivity contribution in [2.75, 3.05) is 19.6 Å². The minimum absolute atomic E-state index is 0.726. The van der Waals surface area contributed by atoms with Gasteiger partial charge in [0.25, 0.3) is 0 Å². The third-order valence-corrected chi connectivity index (χ3v) is 4.17. The second-order valence-corrected chi connectivity index (χ2v) is 5.58. The number of nitrogens with one attached hydrogen (secondary N) is 1. The maximum absolute atomic E-state index is 3.59. The molecule has 2 unspecified atom stereocenters. The van der Waals surface area contributed by atoms with E-state index in [-0.39, 0.29) is 0 Å². The minimum atomic E-state index is 0.726. The second kappa shape index (κ2) is 5.80. The fraction of sp³-hybridized carbons (Fsp3) is 0.692. The van der Waals surface area contributed by atoms with Crippen LogP contribution in [0.4, 0.5) is 0 Å². The van der Waals surface area contributed by atoms with E-state index < -0.39 is 0 Å². The van der Waals surface area contributed by atoms with Crippen molar-refractivity contribution in [2.45, 2.75) is 32.9 Å². The van der Waals surface area contributed by atoms with E-state index in [9.17, 15) is 0 Å². The summed E-state index contributed by atoms with van der Waals surface area (Å²) in [5.41, 5.74) is 1.47. The van der Waals surface area contributed by atoms with Crippen LogP contribution in [-0.2, 0) is 6.54 Å². The number of likely N-dealkylation sites (tertiary alicyclic amines) is 1. The Kier molecular flexibility index (Phi) is 4.38. The van der Waals surface area contributed by atoms with E-state index in [0.717, 1.165) is 25.0 Å². The highest BCUT2D eigenvalue weighted by molar-refractivity contribution is 7.07. The van der Waals surface area contributed by atoms with E-state index in [1.165, 1.54) is 25.1 Å². The second-order valence-electron chi connectivity index (χ2n) is 4.80. The van der Waals surface area contributed by atoms with Crippen molar-refractivity contribution in [2.24, 2.45) is 5.92 Å². The van der Waals surface area contributed by atoms with Gasteiger partial charge in [0.2, 0.25) is 0 Å². The van der Waals surface area contributed by atoms with Gasteiger partial charge in [-0.1, -0.05) is 13.8 Å². The van der Waals surface area contributed by atoms with Gasteiger partial charge in [-0.3, -0.25) is 4.90 Å². The standard InChI is InChI=1S/C13H22N2S/c1-3-14-13-4-6-15(8-11(13)2)9-12-5-7-16-10-12/h5,7,10-11,13-14H,3-4,6,8-9H2,1-2H3. The number of hydrogen-bond acceptors (Lipinski definition) is 3. The summed E-state index contributed by atoms with van der Waals surface area (Å²) in [4.78, 5) is 2.58. The van der Waals surface area contributed by atoms with Crippen LogP contribution in [0.5, 0.6) is 0 Å². The molecule has 1 aromatic rings. The van der Waals surface area contributed by atoms with E-state index in [4.69, 9.17) is 0 Å². The van der Waals surface area contributed by atoms with Gasteiger partial charge in [-0.05, 0) is 47.8 Å². The van der Waals surface area contributed by atoms with Crippen LogP contribution in [0.1, 0.15) is 25.8 Å². The van der Waals surface area contributed by atoms with Crippen molar-refractivity contribution in [1.29, 1.82) is 0 Å². The Morgan fingerprint density at radius 3 is 3.06 bits per heavy atom. The molecule has 1 aromatic heterocycles. The molecule has 1 fully saturated rings. The van der Waals surface area contributed by atoms with Gasteiger partial charge in [-0.2, -0.15) is 11.3 Å². The van der Waals surface area contributed by atoms with Crippen LogP contribution in [0.15, 0.2) is 16.8 Å². The monoisotopic (exact) mass is 238 g/mol. The zero-order valence-corrected chi connectivity index (χ0v) is 11.1. The van der Waals surface area contributed by atoms with Gasteiger partial charge in [0.05, 0.1) is 0 Å². The molecule has 2 rings (SSSR count). The third-order valence-electron chi connectivity index (χ3n) is 3.44. The molecular formula is C13H22N2S. The maximum Gasteiger partial charge on any atom is 0.0242 e. The number of hydrogen-bond donors (Lipinski definition) is 1. The van der Waals surface area contributed by atoms with Gasteiger partial charge in [-0.15, -0.1) is 0 Å². The van der Waals surface area contributed by atoms with Crippen LogP contribution in [0.25, 0.3) is 0 Å². The Hall–Kier alpha value is -0.380. The van der Waals surface area contributed by atoms with Crippen molar-refractivity contribution in [1.82, 2.24) is 10.2 Å². The molecule has 0 amide bonds. The maximum atomic E-state index is 3.59. The van der Waals surface area contributed by atoms with E-state index in [2.05, 4.69) is 40.9 Å². The lowest BCUT2D eigenvalue weighted by Gasteiger charge is -2.37. The van der Waals surface area contributed by atoms with Crippen molar-refractivity contribution in [3.63, 3.8) is 0 Å². The van der Waals surface area contributed by atoms with Crippen LogP contribution < -0.4 is 5.32 Å². The molecule has 3 heteroatoms. The van der Waals surface area contributed by atoms with Crippen molar-refractivity contribution < 1.29 is 0 Å². The predicted octanol–water partition coefficient (Wildman–Crippen LogP) is 2.57. The molecule has 2 nitrogen and oxygen atoms in total. The first-order chi connectivity index (χ1) is 7.79. The first-order valence-electron chi connectivity index (χ1n) is 6.26. The fourth-order valence-corrected chi connectivity index (χ4v) is 3.24. The predicted molar refractivity (Wildman–Crippen MR) is 70.8 cm³/mol. The van der Waals surface area contributed by atoms with Crippen molar-refractivity contribution >= 4 is 11.3 Å². The molecule has 0 spiro atoms. The van der Waals surface area contributed by atoms with Gasteiger partial charge >= 0.3 is 0 Å². The van der Waals surface area contributed by atoms with Gasteiger partial charge < -0.3 is 5.32 Å². The van der Waals surface area contributed by atoms with E-state index in [1.807, 2.05) is 0 Å². The Morgan fingerprint density at radius 1 is 1.56 bits per heavy atom. The van der Waals surface area contributed by atoms with Gasteiger partial charge in [-0.25, -0.2) is 0 Å². The van der Waals surface area contributed by atoms with Crippen LogP contribution >= 0.6 is 11.3 Å². The van der Waals surface area contributed by atoms with E-state index in [0.29, 0.717) is 0 Å². The number of nitrogens with zero attached hydrogens (tertiary/aromatic N) is 1. The lowest BCUT2D eigenvalue weighted by atomic mass is 9.93. The molecule has 0 saturated carbocycles. The molecule has 2 heterocycles. The Bertz CT molecular complexity index is 297. The molecule has 2 atom stereocenters. The van der Waals surface area contributed by atoms with Gasteiger partial charge in [0.1, 0.15) is 0 Å². The number of thiophene rings is 1. The quantitative estimate of drug-likeness (QED) is 0.867. The molecule has 1 saturated heterocycles. The van der Waals surface area contributed by atoms with Crippen LogP contribution in [0.3, 0.4) is 0 Å². The van der Waals surface area contributed by atoms with Crippen molar-refractivity contribution in [3.05, 3.63) is 22.4 Å². The molecule has 16 heavy (non-hydrogen) atoms. The van der Waals surface area contributed by atoms with Gasteiger partial charge in [0.15, 0.2) is 0 Å². The highest BCUT2D eigenvalue weighted by Crippen LogP contribution is 2.19. The highest BCUT2D eigenvalue weighted by Gasteiger charge is 2.24. The average Bonchev–Trinajstić information content (AvgIpc) is 2.75. The molecule has 1 aliphatic rings. The molecule has 0 aromatic carbocycles. The summed E-state index contributed by atoms with van der Waals surface area (Å²) in [6.07, 6.45) is 1.29. The van der Waals surface area contributed by atoms with E-state index >= 15 is 0 Å². The van der Waals surface area contributed by atoms with E-state index in [1.54, 1.807) is 11.3 Å². The summed E-state index contributed by atoms with van der Waals surface area (Å²) in [6, 6.07) is 2.97. The molecule has 0 radical (unpaired) electrons. The summed E-state index contributed by atoms with van der Waals surface area (Å²) < 4.78 is 0. The lowest BCUT2D eigenvalue weighted by Crippen LogP contribution is -2.47. The largest absolute Gasteiger partial charge is 0.314 e. The SMILES string of the molecule is CCNC1CCN(Cc2ccsc2)CC1C. The zero-order valence-electron chi connectivity index (χ0n) is 10.3. The fourth-order valence-electron chi connectivity index (χ4n) is 2.58.